The Morgan fingerprint density at radius 2 is 0.574 bits per heavy atom. The van der Waals surface area contributed by atoms with Gasteiger partial charge in [-0.2, -0.15) is 0 Å². The minimum Gasteiger partial charge on any atom is -0.454 e. The topological polar surface area (TPSA) is 146 Å². The van der Waals surface area contributed by atoms with Crippen molar-refractivity contribution < 1.29 is 18.9 Å². The average molecular weight is 1620 g/mol. The van der Waals surface area contributed by atoms with E-state index in [1.165, 1.54) is 0 Å². The molecule has 2 N–H and O–H groups in total. The Hall–Kier alpha value is -4.46. The molecule has 13 rings (SSSR count). The molecule has 8 bridgehead atoms. The van der Waals surface area contributed by atoms with Gasteiger partial charge >= 0.3 is 0 Å². The molecule has 11 aromatic rings. The Bertz CT molecular complexity index is 5320. The molecule has 478 valence electrons. The van der Waals surface area contributed by atoms with Gasteiger partial charge in [-0.3, -0.25) is 0 Å². The normalized spacial score (nSPS) is 12.3. The van der Waals surface area contributed by atoms with E-state index in [1.807, 2.05) is 12.1 Å². The second-order valence-corrected chi connectivity index (χ2v) is 29.9. The lowest BCUT2D eigenvalue weighted by Crippen LogP contribution is -2.17. The quantitative estimate of drug-likeness (QED) is 0.141. The summed E-state index contributed by atoms with van der Waals surface area (Å²) in [4.78, 5) is 37.1. The van der Waals surface area contributed by atoms with E-state index >= 15 is 0 Å². The largest absolute Gasteiger partial charge is 0.454 e. The number of fused-ring (bicyclic) bond motifs is 20. The molecule has 2 aliphatic rings. The number of hydrogen-bond donors (Lipinski definition) is 2. The standard InChI is InChI=1S/C64H32Cl18N8O4/c1-63(2,3)19-16-17-27(20(18-19)64(4,5)6)91-51-40(75)32-28(36(71)44(51)79)57-86-59(32)90-62-35-30(38(73)46(81)54(43(35)78)94-50-25(69)14-9-15-26(50)70)56(85-62)83-55-29-33(41(76)52(45(80)37(29)72)92-48-21(65)10-7-11-22(48)66)60(84-55)88-58-31-34(61(87-57)89-58)42(77)53(47(82)39(31)74)93-49-23(67)12-8-13-24(49)68/h7-18H,1-6H3,(H2,83,84,85,86,87,88,89,90). The summed E-state index contributed by atoms with van der Waals surface area (Å²) in [6.45, 7) is 12.5. The van der Waals surface area contributed by atoms with Gasteiger partial charge in [0.05, 0.1) is 114 Å². The predicted octanol–water partition coefficient (Wildman–Crippen LogP) is 28.4. The third kappa shape index (κ3) is 11.5. The maximum absolute atomic E-state index is 7.71. The molecule has 0 saturated carbocycles. The van der Waals surface area contributed by atoms with Gasteiger partial charge in [0.25, 0.3) is 0 Å². The zero-order valence-corrected chi connectivity index (χ0v) is 61.7. The molecule has 2 aliphatic heterocycles. The Labute approximate surface area is 623 Å². The first-order chi connectivity index (χ1) is 44.4. The summed E-state index contributed by atoms with van der Waals surface area (Å²) < 4.78 is 25.9. The Balaban J connectivity index is 1.20. The van der Waals surface area contributed by atoms with Crippen LogP contribution in [0.15, 0.2) is 72.8 Å². The molecule has 0 saturated heterocycles. The van der Waals surface area contributed by atoms with Crippen LogP contribution in [0.1, 0.15) is 52.7 Å². The van der Waals surface area contributed by atoms with Crippen LogP contribution in [-0.4, -0.2) is 39.9 Å². The zero-order valence-electron chi connectivity index (χ0n) is 48.0. The number of H-pyrrole nitrogens is 2. The first-order valence-corrected chi connectivity index (χ1v) is 34.0. The zero-order chi connectivity index (χ0) is 67.4. The Morgan fingerprint density at radius 3 is 0.894 bits per heavy atom. The minimum atomic E-state index is -0.471. The maximum Gasteiger partial charge on any atom is 0.167 e. The summed E-state index contributed by atoms with van der Waals surface area (Å²) >= 11 is 129. The van der Waals surface area contributed by atoms with E-state index in [0.717, 1.165) is 11.1 Å². The smallest absolute Gasteiger partial charge is 0.167 e. The second kappa shape index (κ2) is 25.4. The van der Waals surface area contributed by atoms with Gasteiger partial charge in [0.15, 0.2) is 63.5 Å². The van der Waals surface area contributed by atoms with Crippen LogP contribution in [0.25, 0.3) is 89.7 Å². The van der Waals surface area contributed by atoms with Gasteiger partial charge in [-0.25, -0.2) is 29.9 Å². The van der Waals surface area contributed by atoms with Crippen LogP contribution in [0.2, 0.25) is 90.4 Å². The van der Waals surface area contributed by atoms with Gasteiger partial charge in [0.2, 0.25) is 0 Å². The van der Waals surface area contributed by atoms with Gasteiger partial charge in [0.1, 0.15) is 48.4 Å². The van der Waals surface area contributed by atoms with Crippen molar-refractivity contribution in [1.82, 2.24) is 39.9 Å². The molecule has 94 heavy (non-hydrogen) atoms. The van der Waals surface area contributed by atoms with Crippen molar-refractivity contribution >= 4 is 253 Å². The Kier molecular flexibility index (Phi) is 18.4. The summed E-state index contributed by atoms with van der Waals surface area (Å²) in [7, 11) is 0. The summed E-state index contributed by atoms with van der Waals surface area (Å²) in [6.07, 6.45) is 0. The molecule has 0 spiro atoms. The molecule has 5 heterocycles. The van der Waals surface area contributed by atoms with Crippen LogP contribution < -0.4 is 18.9 Å². The van der Waals surface area contributed by atoms with Crippen molar-refractivity contribution in [2.75, 3.05) is 0 Å². The number of hydrogen-bond acceptors (Lipinski definition) is 10. The van der Waals surface area contributed by atoms with E-state index in [0.29, 0.717) is 5.75 Å². The van der Waals surface area contributed by atoms with Crippen LogP contribution in [0.3, 0.4) is 0 Å². The number of para-hydroxylation sites is 3. The number of rotatable bonds is 8. The highest BCUT2D eigenvalue weighted by Crippen LogP contribution is 2.59. The van der Waals surface area contributed by atoms with Gasteiger partial charge in [0, 0.05) is 5.56 Å². The third-order valence-electron chi connectivity index (χ3n) is 15.0. The van der Waals surface area contributed by atoms with Crippen molar-refractivity contribution in [3.8, 4) is 91.5 Å². The van der Waals surface area contributed by atoms with Crippen molar-refractivity contribution in [1.29, 1.82) is 0 Å². The summed E-state index contributed by atoms with van der Waals surface area (Å²) in [5, 5.41) is -1.44. The summed E-state index contributed by atoms with van der Waals surface area (Å²) in [6, 6.07) is 20.0. The Morgan fingerprint density at radius 1 is 0.287 bits per heavy atom. The number of aromatic nitrogens is 8. The van der Waals surface area contributed by atoms with Crippen LogP contribution in [-0.2, 0) is 10.8 Å². The second-order valence-electron chi connectivity index (χ2n) is 23.0. The van der Waals surface area contributed by atoms with E-state index in [2.05, 4.69) is 57.6 Å². The molecule has 0 atom stereocenters. The molecule has 30 heteroatoms. The number of aromatic amines is 2. The molecule has 0 fully saturated rings. The molecule has 0 unspecified atom stereocenters. The number of benzene rings is 8. The molecular weight excluding hydrogens is 1580 g/mol. The van der Waals surface area contributed by atoms with E-state index in [-0.39, 0.29) is 226 Å². The third-order valence-corrected chi connectivity index (χ3v) is 21.5. The number of halogens is 18. The monoisotopic (exact) mass is 1610 g/mol. The number of ether oxygens (including phenoxy) is 4. The summed E-state index contributed by atoms with van der Waals surface area (Å²) in [5.41, 5.74) is 0.875. The number of nitrogens with zero attached hydrogens (tertiary/aromatic N) is 6. The van der Waals surface area contributed by atoms with Gasteiger partial charge in [-0.1, -0.05) is 281 Å². The maximum atomic E-state index is 7.71. The van der Waals surface area contributed by atoms with Crippen molar-refractivity contribution in [2.45, 2.75) is 52.4 Å². The van der Waals surface area contributed by atoms with E-state index < -0.39 is 5.41 Å². The molecule has 8 aromatic carbocycles. The molecular formula is C64H32Cl18N8O4. The molecule has 12 nitrogen and oxygen atoms in total. The highest BCUT2D eigenvalue weighted by Gasteiger charge is 2.37. The summed E-state index contributed by atoms with van der Waals surface area (Å²) in [5.74, 6) is -1.05. The fourth-order valence-electron chi connectivity index (χ4n) is 10.5. The van der Waals surface area contributed by atoms with E-state index in [9.17, 15) is 0 Å². The SMILES string of the molecule is CC(C)(C)c1ccc(Oc2c(Cl)c(Cl)c3c(c2Cl)-c2nc-3nc3[nH]c(nc4nc(nc5[nH]c(n2)c2c(Cl)c(Oc6c(Cl)cccc6Cl)c(Cl)c(Cl)c52)-c2c(Cl)c(Cl)c(Oc5c(Cl)cccc5Cl)c(Cl)c2-4)c2c(Cl)c(Cl)c(Oc4c(Cl)cccc4Cl)c(Cl)c32)c(C(C)(C)C)c1. The lowest BCUT2D eigenvalue weighted by Gasteiger charge is -2.27. The van der Waals surface area contributed by atoms with Crippen molar-refractivity contribution in [3.05, 3.63) is 174 Å². The van der Waals surface area contributed by atoms with Crippen LogP contribution in [0, 0.1) is 0 Å². The van der Waals surface area contributed by atoms with Crippen LogP contribution >= 0.6 is 209 Å². The highest BCUT2D eigenvalue weighted by atomic mass is 35.5. The predicted molar refractivity (Wildman–Crippen MR) is 390 cm³/mol. The minimum absolute atomic E-state index is 0.00260. The van der Waals surface area contributed by atoms with Crippen molar-refractivity contribution in [3.63, 3.8) is 0 Å². The van der Waals surface area contributed by atoms with Crippen LogP contribution in [0.4, 0.5) is 0 Å². The molecule has 0 aliphatic carbocycles. The van der Waals surface area contributed by atoms with Gasteiger partial charge in [-0.05, 0) is 58.9 Å². The van der Waals surface area contributed by atoms with E-state index in [1.54, 1.807) is 54.6 Å². The molecule has 0 radical (unpaired) electrons. The first-order valence-electron chi connectivity index (χ1n) is 27.2. The van der Waals surface area contributed by atoms with Crippen molar-refractivity contribution in [2.24, 2.45) is 0 Å². The van der Waals surface area contributed by atoms with Gasteiger partial charge < -0.3 is 28.9 Å². The molecule has 0 amide bonds. The lowest BCUT2D eigenvalue weighted by atomic mass is 9.80. The number of nitrogens with one attached hydrogen (secondary N) is 2. The molecule has 3 aromatic heterocycles. The highest BCUT2D eigenvalue weighted by molar-refractivity contribution is 6.54. The fourth-order valence-corrected chi connectivity index (χ4v) is 15.3. The first kappa shape index (κ1) is 68.1. The fraction of sp³-hybridized carbons (Fsp3) is 0.125. The van der Waals surface area contributed by atoms with Crippen LogP contribution in [0.5, 0.6) is 46.0 Å². The average Bonchev–Trinajstić information content (AvgIpc) is 1.55. The van der Waals surface area contributed by atoms with Gasteiger partial charge in [-0.15, -0.1) is 0 Å². The van der Waals surface area contributed by atoms with E-state index in [4.69, 9.17) is 258 Å². The lowest BCUT2D eigenvalue weighted by molar-refractivity contribution is 0.454.